The maximum atomic E-state index is 12.6. The van der Waals surface area contributed by atoms with E-state index >= 15 is 0 Å². The summed E-state index contributed by atoms with van der Waals surface area (Å²) >= 11 is 0. The molecule has 1 aliphatic heterocycles. The van der Waals surface area contributed by atoms with Crippen LogP contribution in [-0.2, 0) is 0 Å². The summed E-state index contributed by atoms with van der Waals surface area (Å²) in [6, 6.07) is 15.4. The zero-order valence-corrected chi connectivity index (χ0v) is 13.3. The first-order valence-corrected chi connectivity index (χ1v) is 8.23. The molecule has 1 saturated heterocycles. The number of H-pyrrole nitrogens is 1. The predicted octanol–water partition coefficient (Wildman–Crippen LogP) is 3.43. The summed E-state index contributed by atoms with van der Waals surface area (Å²) in [6.07, 6.45) is 3.83. The van der Waals surface area contributed by atoms with Gasteiger partial charge in [0.1, 0.15) is 0 Å². The Hall–Kier alpha value is -2.88. The molecule has 4 heteroatoms. The molecule has 0 saturated carbocycles. The largest absolute Gasteiger partial charge is 0.339 e. The lowest BCUT2D eigenvalue weighted by Crippen LogP contribution is -2.27. The lowest BCUT2D eigenvalue weighted by Gasteiger charge is -2.15. The van der Waals surface area contributed by atoms with E-state index in [4.69, 9.17) is 0 Å². The molecule has 3 aromatic rings. The van der Waals surface area contributed by atoms with Crippen molar-refractivity contribution in [2.45, 2.75) is 12.8 Å². The van der Waals surface area contributed by atoms with Gasteiger partial charge >= 0.3 is 0 Å². The highest BCUT2D eigenvalue weighted by molar-refractivity contribution is 5.96. The minimum Gasteiger partial charge on any atom is -0.339 e. The zero-order valence-electron chi connectivity index (χ0n) is 13.3. The number of fused-ring (bicyclic) bond motifs is 1. The highest BCUT2D eigenvalue weighted by atomic mass is 16.2. The second-order valence-electron chi connectivity index (χ2n) is 6.19. The van der Waals surface area contributed by atoms with E-state index in [9.17, 15) is 9.59 Å². The van der Waals surface area contributed by atoms with Crippen LogP contribution in [0.5, 0.6) is 0 Å². The quantitative estimate of drug-likeness (QED) is 0.787. The molecule has 0 spiro atoms. The van der Waals surface area contributed by atoms with Gasteiger partial charge in [0.2, 0.25) is 0 Å². The third kappa shape index (κ3) is 2.60. The van der Waals surface area contributed by atoms with E-state index in [-0.39, 0.29) is 11.5 Å². The van der Waals surface area contributed by atoms with Gasteiger partial charge < -0.3 is 9.88 Å². The Bertz CT molecular complexity index is 969. The molecule has 0 radical (unpaired) electrons. The molecule has 0 bridgehead atoms. The van der Waals surface area contributed by atoms with Crippen molar-refractivity contribution in [2.75, 3.05) is 13.1 Å². The first kappa shape index (κ1) is 14.7. The second-order valence-corrected chi connectivity index (χ2v) is 6.19. The van der Waals surface area contributed by atoms with Crippen molar-refractivity contribution in [3.8, 4) is 11.1 Å². The Balaban J connectivity index is 1.73. The van der Waals surface area contributed by atoms with Crippen molar-refractivity contribution in [3.63, 3.8) is 0 Å². The van der Waals surface area contributed by atoms with E-state index in [2.05, 4.69) is 4.98 Å². The summed E-state index contributed by atoms with van der Waals surface area (Å²) < 4.78 is 0. The summed E-state index contributed by atoms with van der Waals surface area (Å²) in [7, 11) is 0. The van der Waals surface area contributed by atoms with Gasteiger partial charge in [-0.3, -0.25) is 9.59 Å². The number of rotatable bonds is 2. The van der Waals surface area contributed by atoms with Gasteiger partial charge in [-0.15, -0.1) is 0 Å². The van der Waals surface area contributed by atoms with Gasteiger partial charge in [0.05, 0.1) is 0 Å². The van der Waals surface area contributed by atoms with Crippen LogP contribution in [0.1, 0.15) is 23.2 Å². The van der Waals surface area contributed by atoms with Crippen molar-refractivity contribution in [1.29, 1.82) is 0 Å². The van der Waals surface area contributed by atoms with E-state index in [1.165, 1.54) is 0 Å². The number of benzene rings is 2. The molecule has 1 fully saturated rings. The Morgan fingerprint density at radius 1 is 0.958 bits per heavy atom. The summed E-state index contributed by atoms with van der Waals surface area (Å²) in [5.74, 6) is 0.103. The number of likely N-dealkylation sites (tertiary alicyclic amines) is 1. The Labute approximate surface area is 139 Å². The molecule has 0 unspecified atom stereocenters. The fourth-order valence-corrected chi connectivity index (χ4v) is 3.31. The van der Waals surface area contributed by atoms with Crippen molar-refractivity contribution in [1.82, 2.24) is 9.88 Å². The van der Waals surface area contributed by atoms with Gasteiger partial charge in [0.15, 0.2) is 0 Å². The van der Waals surface area contributed by atoms with Crippen LogP contribution in [0.25, 0.3) is 21.9 Å². The Kier molecular flexibility index (Phi) is 3.65. The first-order valence-electron chi connectivity index (χ1n) is 8.23. The number of nitrogens with one attached hydrogen (secondary N) is 1. The molecule has 0 atom stereocenters. The van der Waals surface area contributed by atoms with E-state index in [1.54, 1.807) is 6.20 Å². The number of carbonyl (C=O) groups excluding carboxylic acids is 1. The average molecular weight is 318 g/mol. The molecule has 2 aromatic carbocycles. The molecule has 4 rings (SSSR count). The summed E-state index contributed by atoms with van der Waals surface area (Å²) in [5.41, 5.74) is 2.63. The van der Waals surface area contributed by atoms with Crippen molar-refractivity contribution < 1.29 is 4.79 Å². The molecule has 24 heavy (non-hydrogen) atoms. The third-order valence-electron chi connectivity index (χ3n) is 4.61. The smallest absolute Gasteiger partial charge is 0.255 e. The van der Waals surface area contributed by atoms with Crippen LogP contribution < -0.4 is 5.56 Å². The lowest BCUT2D eigenvalue weighted by atomic mass is 10.00. The van der Waals surface area contributed by atoms with E-state index in [0.717, 1.165) is 48.0 Å². The molecular formula is C20H18N2O2. The van der Waals surface area contributed by atoms with Crippen LogP contribution in [0.3, 0.4) is 0 Å². The standard InChI is InChI=1S/C20H18N2O2/c23-19-18-7-6-15(12-16(18)8-9-21-19)14-4-3-5-17(13-14)20(24)22-10-1-2-11-22/h3-9,12-13H,1-2,10-11H2,(H,21,23). The number of aromatic amines is 1. The highest BCUT2D eigenvalue weighted by Gasteiger charge is 2.19. The Morgan fingerprint density at radius 3 is 2.58 bits per heavy atom. The fourth-order valence-electron chi connectivity index (χ4n) is 3.31. The molecule has 4 nitrogen and oxygen atoms in total. The second kappa shape index (κ2) is 5.96. The summed E-state index contributed by atoms with van der Waals surface area (Å²) in [4.78, 5) is 29.0. The first-order chi connectivity index (χ1) is 11.7. The number of amides is 1. The van der Waals surface area contributed by atoms with E-state index in [0.29, 0.717) is 5.39 Å². The Morgan fingerprint density at radius 2 is 1.75 bits per heavy atom. The summed E-state index contributed by atoms with van der Waals surface area (Å²) in [6.45, 7) is 1.70. The van der Waals surface area contributed by atoms with Crippen molar-refractivity contribution >= 4 is 16.7 Å². The topological polar surface area (TPSA) is 53.2 Å². The van der Waals surface area contributed by atoms with Crippen LogP contribution in [0.2, 0.25) is 0 Å². The van der Waals surface area contributed by atoms with Gasteiger partial charge in [0, 0.05) is 30.2 Å². The van der Waals surface area contributed by atoms with Gasteiger partial charge in [-0.05, 0) is 59.7 Å². The van der Waals surface area contributed by atoms with Crippen LogP contribution in [0, 0.1) is 0 Å². The molecule has 0 aliphatic carbocycles. The SMILES string of the molecule is O=C(c1cccc(-c2ccc3c(=O)[nH]ccc3c2)c1)N1CCCC1. The predicted molar refractivity (Wildman–Crippen MR) is 95.1 cm³/mol. The average Bonchev–Trinajstić information content (AvgIpc) is 3.16. The number of hydrogen-bond acceptors (Lipinski definition) is 2. The normalized spacial score (nSPS) is 14.2. The maximum Gasteiger partial charge on any atom is 0.255 e. The molecule has 1 aliphatic rings. The van der Waals surface area contributed by atoms with Crippen LogP contribution in [0.15, 0.2) is 59.5 Å². The monoisotopic (exact) mass is 318 g/mol. The minimum atomic E-state index is -0.0861. The van der Waals surface area contributed by atoms with Gasteiger partial charge in [-0.25, -0.2) is 0 Å². The lowest BCUT2D eigenvalue weighted by molar-refractivity contribution is 0.0793. The zero-order chi connectivity index (χ0) is 16.5. The van der Waals surface area contributed by atoms with Crippen LogP contribution in [-0.4, -0.2) is 28.9 Å². The molecule has 1 aromatic heterocycles. The van der Waals surface area contributed by atoms with E-state index < -0.39 is 0 Å². The van der Waals surface area contributed by atoms with Crippen LogP contribution >= 0.6 is 0 Å². The van der Waals surface area contributed by atoms with Crippen molar-refractivity contribution in [2.24, 2.45) is 0 Å². The van der Waals surface area contributed by atoms with Gasteiger partial charge in [-0.1, -0.05) is 18.2 Å². The summed E-state index contributed by atoms with van der Waals surface area (Å²) in [5, 5.41) is 1.57. The molecular weight excluding hydrogens is 300 g/mol. The van der Waals surface area contributed by atoms with Gasteiger partial charge in [-0.2, -0.15) is 0 Å². The molecule has 1 amide bonds. The third-order valence-corrected chi connectivity index (χ3v) is 4.61. The number of pyridine rings is 1. The highest BCUT2D eigenvalue weighted by Crippen LogP contribution is 2.24. The van der Waals surface area contributed by atoms with E-state index in [1.807, 2.05) is 53.4 Å². The number of hydrogen-bond donors (Lipinski definition) is 1. The number of aromatic nitrogens is 1. The molecule has 1 N–H and O–H groups in total. The number of nitrogens with zero attached hydrogens (tertiary/aromatic N) is 1. The minimum absolute atomic E-state index is 0.0861. The molecule has 2 heterocycles. The fraction of sp³-hybridized carbons (Fsp3) is 0.200. The maximum absolute atomic E-state index is 12.6. The number of carbonyl (C=O) groups is 1. The van der Waals surface area contributed by atoms with Crippen LogP contribution in [0.4, 0.5) is 0 Å². The van der Waals surface area contributed by atoms with Gasteiger partial charge in [0.25, 0.3) is 11.5 Å². The molecule has 120 valence electrons. The van der Waals surface area contributed by atoms with Crippen molar-refractivity contribution in [3.05, 3.63) is 70.6 Å².